The van der Waals surface area contributed by atoms with E-state index in [1.54, 1.807) is 6.92 Å². The van der Waals surface area contributed by atoms with Gasteiger partial charge in [-0.2, -0.15) is 5.26 Å². The van der Waals surface area contributed by atoms with Crippen molar-refractivity contribution in [2.75, 3.05) is 0 Å². The van der Waals surface area contributed by atoms with Crippen LogP contribution in [0.15, 0.2) is 12.1 Å². The average Bonchev–Trinajstić information content (AvgIpc) is 2.27. The molecule has 82 valence electrons. The minimum atomic E-state index is -1.69. The number of aldehydes is 1. The monoisotopic (exact) mass is 219 g/mol. The third-order valence-electron chi connectivity index (χ3n) is 2.21. The normalized spacial score (nSPS) is 11.6. The first-order chi connectivity index (χ1) is 7.51. The van der Waals surface area contributed by atoms with Gasteiger partial charge < -0.3 is 10.2 Å². The SMILES string of the molecule is Cc1cc(C#N)c(C=O)cc1C(O)C(=O)O. The lowest BCUT2D eigenvalue weighted by Gasteiger charge is -2.10. The van der Waals surface area contributed by atoms with Crippen LogP contribution in [0.25, 0.3) is 0 Å². The highest BCUT2D eigenvalue weighted by atomic mass is 16.4. The van der Waals surface area contributed by atoms with Crippen molar-refractivity contribution in [3.8, 4) is 6.07 Å². The van der Waals surface area contributed by atoms with Gasteiger partial charge in [0.1, 0.15) is 0 Å². The predicted octanol–water partition coefficient (Wildman–Crippen LogP) is 0.797. The highest BCUT2D eigenvalue weighted by Crippen LogP contribution is 2.21. The molecule has 0 fully saturated rings. The summed E-state index contributed by atoms with van der Waals surface area (Å²) >= 11 is 0. The first-order valence-corrected chi connectivity index (χ1v) is 4.42. The van der Waals surface area contributed by atoms with Crippen LogP contribution in [0.4, 0.5) is 0 Å². The lowest BCUT2D eigenvalue weighted by atomic mass is 9.97. The molecular weight excluding hydrogens is 210 g/mol. The van der Waals surface area contributed by atoms with Gasteiger partial charge in [-0.25, -0.2) is 4.79 Å². The van der Waals surface area contributed by atoms with E-state index in [2.05, 4.69) is 0 Å². The second-order valence-electron chi connectivity index (χ2n) is 3.27. The van der Waals surface area contributed by atoms with Gasteiger partial charge in [-0.1, -0.05) is 0 Å². The first-order valence-electron chi connectivity index (χ1n) is 4.42. The molecule has 5 nitrogen and oxygen atoms in total. The minimum absolute atomic E-state index is 0.0726. The third-order valence-corrected chi connectivity index (χ3v) is 2.21. The van der Waals surface area contributed by atoms with Gasteiger partial charge in [0.05, 0.1) is 11.6 Å². The number of carbonyl (C=O) groups excluding carboxylic acids is 1. The molecule has 1 aromatic rings. The van der Waals surface area contributed by atoms with E-state index in [1.807, 2.05) is 6.07 Å². The van der Waals surface area contributed by atoms with E-state index >= 15 is 0 Å². The molecule has 0 aliphatic rings. The number of nitrogens with zero attached hydrogens (tertiary/aromatic N) is 1. The molecule has 1 unspecified atom stereocenters. The fraction of sp³-hybridized carbons (Fsp3) is 0.182. The van der Waals surface area contributed by atoms with Crippen LogP contribution in [0.3, 0.4) is 0 Å². The first kappa shape index (κ1) is 11.9. The topological polar surface area (TPSA) is 98.4 Å². The average molecular weight is 219 g/mol. The molecule has 5 heteroatoms. The van der Waals surface area contributed by atoms with Crippen LogP contribution in [0, 0.1) is 18.3 Å². The Morgan fingerprint density at radius 1 is 1.56 bits per heavy atom. The van der Waals surface area contributed by atoms with Gasteiger partial charge in [-0.15, -0.1) is 0 Å². The molecule has 0 radical (unpaired) electrons. The van der Waals surface area contributed by atoms with Crippen molar-refractivity contribution in [3.63, 3.8) is 0 Å². The maximum atomic E-state index is 10.7. The van der Waals surface area contributed by atoms with E-state index in [1.165, 1.54) is 12.1 Å². The third kappa shape index (κ3) is 2.07. The molecule has 2 N–H and O–H groups in total. The molecule has 0 aliphatic heterocycles. The highest BCUT2D eigenvalue weighted by Gasteiger charge is 2.19. The van der Waals surface area contributed by atoms with Gasteiger partial charge in [0.15, 0.2) is 12.4 Å². The van der Waals surface area contributed by atoms with E-state index in [9.17, 15) is 14.7 Å². The van der Waals surface area contributed by atoms with Crippen molar-refractivity contribution in [3.05, 3.63) is 34.4 Å². The van der Waals surface area contributed by atoms with Crippen LogP contribution >= 0.6 is 0 Å². The van der Waals surface area contributed by atoms with Crippen LogP contribution in [0.2, 0.25) is 0 Å². The predicted molar refractivity (Wildman–Crippen MR) is 53.9 cm³/mol. The van der Waals surface area contributed by atoms with Crippen molar-refractivity contribution in [1.82, 2.24) is 0 Å². The maximum Gasteiger partial charge on any atom is 0.337 e. The van der Waals surface area contributed by atoms with E-state index in [4.69, 9.17) is 10.4 Å². The molecule has 0 saturated carbocycles. The Balaban J connectivity index is 3.38. The number of aliphatic carboxylic acids is 1. The molecule has 1 atom stereocenters. The molecule has 0 amide bonds. The Labute approximate surface area is 91.6 Å². The van der Waals surface area contributed by atoms with Gasteiger partial charge in [0.2, 0.25) is 0 Å². The Kier molecular flexibility index (Phi) is 3.38. The molecule has 0 spiro atoms. The summed E-state index contributed by atoms with van der Waals surface area (Å²) in [4.78, 5) is 21.3. The zero-order chi connectivity index (χ0) is 12.3. The number of rotatable bonds is 3. The van der Waals surface area contributed by atoms with E-state index in [0.29, 0.717) is 11.8 Å². The van der Waals surface area contributed by atoms with Crippen molar-refractivity contribution >= 4 is 12.3 Å². The minimum Gasteiger partial charge on any atom is -0.479 e. The molecule has 0 bridgehead atoms. The number of hydrogen-bond donors (Lipinski definition) is 2. The number of nitriles is 1. The number of carboxylic acids is 1. The Bertz CT molecular complexity index is 487. The number of hydrogen-bond acceptors (Lipinski definition) is 4. The smallest absolute Gasteiger partial charge is 0.337 e. The molecule has 0 aromatic heterocycles. The number of aryl methyl sites for hydroxylation is 1. The lowest BCUT2D eigenvalue weighted by molar-refractivity contribution is -0.147. The molecule has 1 aromatic carbocycles. The van der Waals surface area contributed by atoms with Crippen molar-refractivity contribution in [1.29, 1.82) is 5.26 Å². The van der Waals surface area contributed by atoms with Crippen LogP contribution in [0.1, 0.15) is 33.2 Å². The summed E-state index contributed by atoms with van der Waals surface area (Å²) in [6, 6.07) is 4.42. The zero-order valence-electron chi connectivity index (χ0n) is 8.47. The fourth-order valence-electron chi connectivity index (χ4n) is 1.36. The maximum absolute atomic E-state index is 10.7. The number of aliphatic hydroxyl groups is 1. The number of benzene rings is 1. The summed E-state index contributed by atoms with van der Waals surface area (Å²) in [7, 11) is 0. The van der Waals surface area contributed by atoms with Crippen LogP contribution in [-0.2, 0) is 4.79 Å². The highest BCUT2D eigenvalue weighted by molar-refractivity contribution is 5.82. The van der Waals surface area contributed by atoms with Crippen molar-refractivity contribution in [2.24, 2.45) is 0 Å². The van der Waals surface area contributed by atoms with Crippen molar-refractivity contribution in [2.45, 2.75) is 13.0 Å². The fourth-order valence-corrected chi connectivity index (χ4v) is 1.36. The van der Waals surface area contributed by atoms with Crippen LogP contribution in [-0.4, -0.2) is 22.5 Å². The Hall–Kier alpha value is -2.19. The summed E-state index contributed by atoms with van der Waals surface area (Å²) in [6.07, 6.45) is -1.23. The van der Waals surface area contributed by atoms with Gasteiger partial charge in [-0.3, -0.25) is 4.79 Å². The van der Waals surface area contributed by atoms with Gasteiger partial charge in [0, 0.05) is 5.56 Å². The van der Waals surface area contributed by atoms with Crippen LogP contribution < -0.4 is 0 Å². The van der Waals surface area contributed by atoms with Gasteiger partial charge in [0.25, 0.3) is 0 Å². The molecular formula is C11H9NO4. The zero-order valence-corrected chi connectivity index (χ0v) is 8.47. The number of aliphatic hydroxyl groups excluding tert-OH is 1. The van der Waals surface area contributed by atoms with E-state index < -0.39 is 12.1 Å². The van der Waals surface area contributed by atoms with Gasteiger partial charge >= 0.3 is 5.97 Å². The summed E-state index contributed by atoms with van der Waals surface area (Å²) in [5, 5.41) is 26.7. The lowest BCUT2D eigenvalue weighted by Crippen LogP contribution is -2.12. The van der Waals surface area contributed by atoms with Gasteiger partial charge in [-0.05, 0) is 30.2 Å². The largest absolute Gasteiger partial charge is 0.479 e. The molecule has 1 rings (SSSR count). The van der Waals surface area contributed by atoms with Crippen LogP contribution in [0.5, 0.6) is 0 Å². The standard InChI is InChI=1S/C11H9NO4/c1-6-2-7(4-12)8(5-13)3-9(6)10(14)11(15)16/h2-3,5,10,14H,1H3,(H,15,16). The Morgan fingerprint density at radius 2 is 2.19 bits per heavy atom. The van der Waals surface area contributed by atoms with Crippen molar-refractivity contribution < 1.29 is 19.8 Å². The summed E-state index contributed by atoms with van der Waals surface area (Å²) < 4.78 is 0. The quantitative estimate of drug-likeness (QED) is 0.732. The second kappa shape index (κ2) is 4.55. The molecule has 0 aliphatic carbocycles. The summed E-state index contributed by atoms with van der Waals surface area (Å²) in [5.41, 5.74) is 0.808. The molecule has 16 heavy (non-hydrogen) atoms. The van der Waals surface area contributed by atoms with E-state index in [0.717, 1.165) is 0 Å². The molecule has 0 heterocycles. The Morgan fingerprint density at radius 3 is 2.62 bits per heavy atom. The summed E-state index contributed by atoms with van der Waals surface area (Å²) in [6.45, 7) is 1.57. The summed E-state index contributed by atoms with van der Waals surface area (Å²) in [5.74, 6) is -1.40. The number of carbonyl (C=O) groups is 2. The van der Waals surface area contributed by atoms with E-state index in [-0.39, 0.29) is 16.7 Å². The molecule has 0 saturated heterocycles. The second-order valence-corrected chi connectivity index (χ2v) is 3.27. The number of carboxylic acid groups (broad SMARTS) is 1.